The molecule has 3 nitrogen and oxygen atoms in total. The topological polar surface area (TPSA) is 56.0 Å². The maximum atomic E-state index is 12.5. The Balaban J connectivity index is 2.69. The Bertz CT molecular complexity index is 640. The first kappa shape index (κ1) is 12.6. The maximum absolute atomic E-state index is 12.5. The van der Waals surface area contributed by atoms with Gasteiger partial charge in [-0.2, -0.15) is 13.2 Å². The van der Waals surface area contributed by atoms with Gasteiger partial charge in [0.1, 0.15) is 0 Å². The van der Waals surface area contributed by atoms with E-state index in [2.05, 4.69) is 4.98 Å². The van der Waals surface area contributed by atoms with Gasteiger partial charge in [-0.15, -0.1) is 0 Å². The fourth-order valence-electron chi connectivity index (χ4n) is 1.51. The quantitative estimate of drug-likeness (QED) is 0.869. The first-order chi connectivity index (χ1) is 8.30. The number of aromatic nitrogens is 1. The van der Waals surface area contributed by atoms with Crippen LogP contribution in [0.15, 0.2) is 24.4 Å². The Morgan fingerprint density at radius 1 is 1.33 bits per heavy atom. The minimum absolute atomic E-state index is 0.00113. The summed E-state index contributed by atoms with van der Waals surface area (Å²) in [4.78, 5) is 14.8. The number of hydrogen-bond acceptors (Lipinski definition) is 2. The average Bonchev–Trinajstić information content (AvgIpc) is 2.27. The van der Waals surface area contributed by atoms with Crippen LogP contribution in [-0.4, -0.2) is 10.9 Å². The molecule has 0 bridgehead atoms. The number of primary amides is 1. The second kappa shape index (κ2) is 4.13. The van der Waals surface area contributed by atoms with E-state index in [9.17, 15) is 18.0 Å². The zero-order valence-electron chi connectivity index (χ0n) is 8.75. The number of fused-ring (bicyclic) bond motifs is 1. The Morgan fingerprint density at radius 2 is 2.00 bits per heavy atom. The SMILES string of the molecule is NC(=O)c1cnc2cc(C(F)(F)F)ccc2c1Cl. The molecule has 0 saturated heterocycles. The number of nitrogens with zero attached hydrogens (tertiary/aromatic N) is 1. The molecule has 7 heteroatoms. The van der Waals surface area contributed by atoms with Crippen LogP contribution < -0.4 is 5.73 Å². The molecule has 18 heavy (non-hydrogen) atoms. The Kier molecular flexibility index (Phi) is 2.90. The summed E-state index contributed by atoms with van der Waals surface area (Å²) in [5.41, 5.74) is 4.26. The van der Waals surface area contributed by atoms with Gasteiger partial charge in [0.05, 0.1) is 21.7 Å². The van der Waals surface area contributed by atoms with Crippen LogP contribution in [0.25, 0.3) is 10.9 Å². The highest BCUT2D eigenvalue weighted by Gasteiger charge is 2.30. The van der Waals surface area contributed by atoms with E-state index in [-0.39, 0.29) is 21.5 Å². The van der Waals surface area contributed by atoms with Crippen molar-refractivity contribution in [2.24, 2.45) is 5.73 Å². The van der Waals surface area contributed by atoms with Gasteiger partial charge in [0.25, 0.3) is 5.91 Å². The first-order valence-electron chi connectivity index (χ1n) is 4.76. The Labute approximate surface area is 104 Å². The molecule has 1 aromatic heterocycles. The van der Waals surface area contributed by atoms with Crippen LogP contribution in [0.3, 0.4) is 0 Å². The highest BCUT2D eigenvalue weighted by Crippen LogP contribution is 2.33. The van der Waals surface area contributed by atoms with Crippen molar-refractivity contribution >= 4 is 28.4 Å². The number of nitrogens with two attached hydrogens (primary N) is 1. The van der Waals surface area contributed by atoms with Crippen molar-refractivity contribution < 1.29 is 18.0 Å². The highest BCUT2D eigenvalue weighted by atomic mass is 35.5. The fraction of sp³-hybridized carbons (Fsp3) is 0.0909. The molecule has 94 valence electrons. The lowest BCUT2D eigenvalue weighted by molar-refractivity contribution is -0.137. The molecule has 0 spiro atoms. The monoisotopic (exact) mass is 274 g/mol. The van der Waals surface area contributed by atoms with Gasteiger partial charge in [-0.05, 0) is 12.1 Å². The molecule has 1 aromatic carbocycles. The predicted octanol–water partition coefficient (Wildman–Crippen LogP) is 3.01. The molecule has 2 rings (SSSR count). The number of benzene rings is 1. The molecule has 0 atom stereocenters. The van der Waals surface area contributed by atoms with Gasteiger partial charge in [-0.1, -0.05) is 17.7 Å². The maximum Gasteiger partial charge on any atom is 0.416 e. The Morgan fingerprint density at radius 3 is 2.56 bits per heavy atom. The van der Waals surface area contributed by atoms with Gasteiger partial charge in [-0.25, -0.2) is 0 Å². The third-order valence-corrected chi connectivity index (χ3v) is 2.80. The zero-order valence-corrected chi connectivity index (χ0v) is 9.51. The molecule has 0 unspecified atom stereocenters. The molecule has 0 radical (unpaired) electrons. The molecule has 0 aliphatic carbocycles. The largest absolute Gasteiger partial charge is 0.416 e. The minimum Gasteiger partial charge on any atom is -0.366 e. The summed E-state index contributed by atoms with van der Waals surface area (Å²) in [6, 6.07) is 2.91. The highest BCUT2D eigenvalue weighted by molar-refractivity contribution is 6.38. The number of hydrogen-bond donors (Lipinski definition) is 1. The van der Waals surface area contributed by atoms with Crippen LogP contribution in [0.5, 0.6) is 0 Å². The Hall–Kier alpha value is -1.82. The van der Waals surface area contributed by atoms with Crippen molar-refractivity contribution in [3.63, 3.8) is 0 Å². The second-order valence-corrected chi connectivity index (χ2v) is 3.96. The summed E-state index contributed by atoms with van der Waals surface area (Å²) in [6.45, 7) is 0. The van der Waals surface area contributed by atoms with Crippen LogP contribution in [0.1, 0.15) is 15.9 Å². The van der Waals surface area contributed by atoms with E-state index in [1.807, 2.05) is 0 Å². The van der Waals surface area contributed by atoms with E-state index in [1.54, 1.807) is 0 Å². The van der Waals surface area contributed by atoms with Gasteiger partial charge >= 0.3 is 6.18 Å². The molecule has 0 fully saturated rings. The number of amides is 1. The molecule has 1 heterocycles. The van der Waals surface area contributed by atoms with E-state index in [4.69, 9.17) is 17.3 Å². The lowest BCUT2D eigenvalue weighted by atomic mass is 10.1. The zero-order chi connectivity index (χ0) is 13.5. The summed E-state index contributed by atoms with van der Waals surface area (Å²) in [5, 5.41) is 0.252. The fourth-order valence-corrected chi connectivity index (χ4v) is 1.81. The summed E-state index contributed by atoms with van der Waals surface area (Å²) in [6.07, 6.45) is -3.39. The van der Waals surface area contributed by atoms with Gasteiger partial charge in [0.15, 0.2) is 0 Å². The second-order valence-electron chi connectivity index (χ2n) is 3.58. The number of pyridine rings is 1. The molecule has 2 aromatic rings. The van der Waals surface area contributed by atoms with Crippen LogP contribution in [0.2, 0.25) is 5.02 Å². The number of rotatable bonds is 1. The van der Waals surface area contributed by atoms with Crippen molar-refractivity contribution in [2.45, 2.75) is 6.18 Å². The van der Waals surface area contributed by atoms with Crippen molar-refractivity contribution in [1.29, 1.82) is 0 Å². The molecule has 0 aliphatic heterocycles. The summed E-state index contributed by atoms with van der Waals surface area (Å²) in [7, 11) is 0. The summed E-state index contributed by atoms with van der Waals surface area (Å²) >= 11 is 5.88. The number of carbonyl (C=O) groups is 1. The van der Waals surface area contributed by atoms with E-state index in [1.165, 1.54) is 6.07 Å². The number of alkyl halides is 3. The van der Waals surface area contributed by atoms with Crippen molar-refractivity contribution in [2.75, 3.05) is 0 Å². The third kappa shape index (κ3) is 2.11. The van der Waals surface area contributed by atoms with Crippen LogP contribution in [0.4, 0.5) is 13.2 Å². The predicted molar refractivity (Wildman–Crippen MR) is 60.3 cm³/mol. The van der Waals surface area contributed by atoms with E-state index in [0.717, 1.165) is 18.3 Å². The molecular formula is C11H6ClF3N2O. The van der Waals surface area contributed by atoms with Gasteiger partial charge in [0.2, 0.25) is 0 Å². The average molecular weight is 275 g/mol. The molecule has 2 N–H and O–H groups in total. The van der Waals surface area contributed by atoms with Crippen molar-refractivity contribution in [3.05, 3.63) is 40.5 Å². The molecule has 0 aliphatic rings. The first-order valence-corrected chi connectivity index (χ1v) is 5.14. The smallest absolute Gasteiger partial charge is 0.366 e. The summed E-state index contributed by atoms with van der Waals surface area (Å²) < 4.78 is 37.5. The van der Waals surface area contributed by atoms with Gasteiger partial charge < -0.3 is 5.73 Å². The van der Waals surface area contributed by atoms with E-state index < -0.39 is 17.6 Å². The van der Waals surface area contributed by atoms with Gasteiger partial charge in [-0.3, -0.25) is 9.78 Å². The van der Waals surface area contributed by atoms with E-state index >= 15 is 0 Å². The number of carbonyl (C=O) groups excluding carboxylic acids is 1. The molecule has 0 saturated carbocycles. The van der Waals surface area contributed by atoms with Crippen LogP contribution >= 0.6 is 11.6 Å². The molecular weight excluding hydrogens is 269 g/mol. The minimum atomic E-state index is -4.45. The number of halogens is 4. The lowest BCUT2D eigenvalue weighted by Gasteiger charge is -2.09. The van der Waals surface area contributed by atoms with Crippen molar-refractivity contribution in [3.8, 4) is 0 Å². The van der Waals surface area contributed by atoms with Crippen LogP contribution in [-0.2, 0) is 6.18 Å². The molecule has 1 amide bonds. The standard InChI is InChI=1S/C11H6ClF3N2O/c12-9-6-2-1-5(11(13,14)15)3-8(6)17-4-7(9)10(16)18/h1-4H,(H2,16,18). The third-order valence-electron chi connectivity index (χ3n) is 2.40. The lowest BCUT2D eigenvalue weighted by Crippen LogP contribution is -2.12. The van der Waals surface area contributed by atoms with Gasteiger partial charge in [0, 0.05) is 11.6 Å². The summed E-state index contributed by atoms with van der Waals surface area (Å²) in [5.74, 6) is -0.783. The van der Waals surface area contributed by atoms with E-state index in [0.29, 0.717) is 0 Å². The van der Waals surface area contributed by atoms with Crippen molar-refractivity contribution in [1.82, 2.24) is 4.98 Å². The van der Waals surface area contributed by atoms with Crippen LogP contribution in [0, 0.1) is 0 Å². The normalized spacial score (nSPS) is 11.8.